The van der Waals surface area contributed by atoms with Gasteiger partial charge in [0.2, 0.25) is 0 Å². The third kappa shape index (κ3) is 3.53. The molecule has 0 radical (unpaired) electrons. The van der Waals surface area contributed by atoms with Gasteiger partial charge in [-0.1, -0.05) is 12.1 Å². The quantitative estimate of drug-likeness (QED) is 0.682. The first-order chi connectivity index (χ1) is 9.87. The van der Waals surface area contributed by atoms with E-state index < -0.39 is 0 Å². The van der Waals surface area contributed by atoms with E-state index in [1.165, 1.54) is 37.1 Å². The first-order valence-electron chi connectivity index (χ1n) is 7.94. The minimum absolute atomic E-state index is 0.473. The SMILES string of the molecule is c1cc(N(CC2CC2)CC2CO2)ccc1CCC1CO1. The average molecular weight is 273 g/mol. The molecule has 3 aliphatic rings. The topological polar surface area (TPSA) is 28.3 Å². The van der Waals surface area contributed by atoms with Crippen LogP contribution in [-0.2, 0) is 15.9 Å². The van der Waals surface area contributed by atoms with Gasteiger partial charge in [0.1, 0.15) is 0 Å². The zero-order chi connectivity index (χ0) is 13.4. The third-order valence-corrected chi connectivity index (χ3v) is 4.46. The van der Waals surface area contributed by atoms with Crippen LogP contribution in [0.4, 0.5) is 5.69 Å². The number of anilines is 1. The van der Waals surface area contributed by atoms with Gasteiger partial charge in [0.25, 0.3) is 0 Å². The van der Waals surface area contributed by atoms with Gasteiger partial charge in [-0.15, -0.1) is 0 Å². The summed E-state index contributed by atoms with van der Waals surface area (Å²) in [4.78, 5) is 2.52. The van der Waals surface area contributed by atoms with Crippen LogP contribution in [0.2, 0.25) is 0 Å². The Bertz CT molecular complexity index is 433. The molecule has 2 saturated heterocycles. The molecule has 2 aliphatic heterocycles. The molecule has 2 atom stereocenters. The molecule has 2 unspecified atom stereocenters. The van der Waals surface area contributed by atoms with Crippen LogP contribution in [0.5, 0.6) is 0 Å². The van der Waals surface area contributed by atoms with Crippen molar-refractivity contribution >= 4 is 5.69 Å². The minimum atomic E-state index is 0.473. The summed E-state index contributed by atoms with van der Waals surface area (Å²) in [5, 5.41) is 0. The summed E-state index contributed by atoms with van der Waals surface area (Å²) in [5.41, 5.74) is 2.79. The highest BCUT2D eigenvalue weighted by Crippen LogP contribution is 2.32. The van der Waals surface area contributed by atoms with Crippen molar-refractivity contribution in [2.75, 3.05) is 31.2 Å². The first-order valence-corrected chi connectivity index (χ1v) is 7.94. The fourth-order valence-corrected chi connectivity index (χ4v) is 2.75. The summed E-state index contributed by atoms with van der Waals surface area (Å²) in [5.74, 6) is 0.917. The first kappa shape index (κ1) is 12.7. The fraction of sp³-hybridized carbons (Fsp3) is 0.647. The van der Waals surface area contributed by atoms with E-state index in [0.29, 0.717) is 12.2 Å². The van der Waals surface area contributed by atoms with E-state index in [9.17, 15) is 0 Å². The van der Waals surface area contributed by atoms with E-state index in [-0.39, 0.29) is 0 Å². The lowest BCUT2D eigenvalue weighted by molar-refractivity contribution is 0.397. The third-order valence-electron chi connectivity index (χ3n) is 4.46. The molecule has 4 rings (SSSR count). The number of epoxide rings is 2. The monoisotopic (exact) mass is 273 g/mol. The van der Waals surface area contributed by atoms with E-state index in [0.717, 1.165) is 32.1 Å². The Kier molecular flexibility index (Phi) is 3.41. The fourth-order valence-electron chi connectivity index (χ4n) is 2.75. The number of benzene rings is 1. The summed E-state index contributed by atoms with van der Waals surface area (Å²) < 4.78 is 10.7. The zero-order valence-corrected chi connectivity index (χ0v) is 12.0. The average Bonchev–Trinajstić information content (AvgIpc) is 3.32. The molecule has 1 saturated carbocycles. The minimum Gasteiger partial charge on any atom is -0.373 e. The van der Waals surface area contributed by atoms with Gasteiger partial charge in [0, 0.05) is 18.8 Å². The van der Waals surface area contributed by atoms with E-state index in [2.05, 4.69) is 29.2 Å². The van der Waals surface area contributed by atoms with Crippen molar-refractivity contribution in [2.24, 2.45) is 5.92 Å². The molecular weight excluding hydrogens is 250 g/mol. The highest BCUT2D eigenvalue weighted by atomic mass is 16.6. The molecule has 3 fully saturated rings. The Morgan fingerprint density at radius 3 is 2.25 bits per heavy atom. The Balaban J connectivity index is 1.38. The van der Waals surface area contributed by atoms with Crippen molar-refractivity contribution in [2.45, 2.75) is 37.9 Å². The Labute approximate surface area is 120 Å². The largest absolute Gasteiger partial charge is 0.373 e. The molecule has 3 nitrogen and oxygen atoms in total. The summed E-state index contributed by atoms with van der Waals surface area (Å²) in [6, 6.07) is 9.14. The Hall–Kier alpha value is -1.06. The second-order valence-electron chi connectivity index (χ2n) is 6.46. The van der Waals surface area contributed by atoms with Gasteiger partial charge >= 0.3 is 0 Å². The summed E-state index contributed by atoms with van der Waals surface area (Å²) in [6.07, 6.45) is 6.12. The molecule has 2 heterocycles. The number of nitrogens with zero attached hydrogens (tertiary/aromatic N) is 1. The smallest absolute Gasteiger partial charge is 0.0984 e. The summed E-state index contributed by atoms with van der Waals surface area (Å²) in [6.45, 7) is 4.18. The number of aryl methyl sites for hydroxylation is 1. The van der Waals surface area contributed by atoms with Crippen LogP contribution in [0.1, 0.15) is 24.8 Å². The van der Waals surface area contributed by atoms with Crippen LogP contribution in [0.25, 0.3) is 0 Å². The molecule has 0 bridgehead atoms. The van der Waals surface area contributed by atoms with Crippen molar-refractivity contribution in [3.05, 3.63) is 29.8 Å². The van der Waals surface area contributed by atoms with E-state index in [1.807, 2.05) is 0 Å². The summed E-state index contributed by atoms with van der Waals surface area (Å²) in [7, 11) is 0. The molecule has 1 aromatic rings. The van der Waals surface area contributed by atoms with Crippen LogP contribution in [0.3, 0.4) is 0 Å². The molecule has 0 spiro atoms. The van der Waals surface area contributed by atoms with Crippen LogP contribution in [0, 0.1) is 5.92 Å². The molecule has 20 heavy (non-hydrogen) atoms. The van der Waals surface area contributed by atoms with E-state index in [1.54, 1.807) is 0 Å². The summed E-state index contributed by atoms with van der Waals surface area (Å²) >= 11 is 0. The maximum atomic E-state index is 5.40. The molecule has 108 valence electrons. The standard InChI is InChI=1S/C17H23NO2/c1-2-14(1)9-18(10-17-12-20-17)15-6-3-13(4-7-15)5-8-16-11-19-16/h3-4,6-7,14,16-17H,1-2,5,8-12H2. The maximum absolute atomic E-state index is 5.40. The molecule has 1 aliphatic carbocycles. The van der Waals surface area contributed by atoms with Crippen LogP contribution >= 0.6 is 0 Å². The Morgan fingerprint density at radius 1 is 0.950 bits per heavy atom. The predicted octanol–water partition coefficient (Wildman–Crippen LogP) is 2.63. The number of hydrogen-bond donors (Lipinski definition) is 0. The maximum Gasteiger partial charge on any atom is 0.0984 e. The highest BCUT2D eigenvalue weighted by Gasteiger charge is 2.30. The second kappa shape index (κ2) is 5.38. The van der Waals surface area contributed by atoms with Gasteiger partial charge in [-0.3, -0.25) is 0 Å². The normalized spacial score (nSPS) is 27.4. The van der Waals surface area contributed by atoms with Crippen molar-refractivity contribution in [3.8, 4) is 0 Å². The predicted molar refractivity (Wildman–Crippen MR) is 79.2 cm³/mol. The van der Waals surface area contributed by atoms with E-state index in [4.69, 9.17) is 9.47 Å². The lowest BCUT2D eigenvalue weighted by Crippen LogP contribution is -2.29. The molecule has 3 heteroatoms. The van der Waals surface area contributed by atoms with Crippen LogP contribution in [0.15, 0.2) is 24.3 Å². The van der Waals surface area contributed by atoms with Crippen molar-refractivity contribution in [1.82, 2.24) is 0 Å². The zero-order valence-electron chi connectivity index (χ0n) is 12.0. The number of hydrogen-bond acceptors (Lipinski definition) is 3. The van der Waals surface area contributed by atoms with Crippen LogP contribution < -0.4 is 4.90 Å². The van der Waals surface area contributed by atoms with Gasteiger partial charge in [-0.05, 0) is 49.3 Å². The van der Waals surface area contributed by atoms with Crippen LogP contribution in [-0.4, -0.2) is 38.5 Å². The Morgan fingerprint density at radius 2 is 1.65 bits per heavy atom. The van der Waals surface area contributed by atoms with Gasteiger partial charge in [-0.2, -0.15) is 0 Å². The molecule has 1 aromatic carbocycles. The molecule has 0 amide bonds. The van der Waals surface area contributed by atoms with E-state index >= 15 is 0 Å². The molecular formula is C17H23NO2. The lowest BCUT2D eigenvalue weighted by atomic mass is 10.1. The van der Waals surface area contributed by atoms with Gasteiger partial charge in [-0.25, -0.2) is 0 Å². The van der Waals surface area contributed by atoms with Crippen molar-refractivity contribution in [1.29, 1.82) is 0 Å². The number of rotatable bonds is 8. The highest BCUT2D eigenvalue weighted by molar-refractivity contribution is 5.48. The van der Waals surface area contributed by atoms with Crippen molar-refractivity contribution < 1.29 is 9.47 Å². The molecule has 0 aromatic heterocycles. The van der Waals surface area contributed by atoms with Gasteiger partial charge < -0.3 is 14.4 Å². The van der Waals surface area contributed by atoms with Gasteiger partial charge in [0.05, 0.1) is 25.4 Å². The van der Waals surface area contributed by atoms with Gasteiger partial charge in [0.15, 0.2) is 0 Å². The lowest BCUT2D eigenvalue weighted by Gasteiger charge is -2.24. The second-order valence-corrected chi connectivity index (χ2v) is 6.46. The van der Waals surface area contributed by atoms with Crippen molar-refractivity contribution in [3.63, 3.8) is 0 Å². The molecule has 0 N–H and O–H groups in total. The number of ether oxygens (including phenoxy) is 2.